The van der Waals surface area contributed by atoms with Gasteiger partial charge in [0.1, 0.15) is 11.4 Å². The van der Waals surface area contributed by atoms with Gasteiger partial charge in [-0.05, 0) is 6.07 Å². The van der Waals surface area contributed by atoms with E-state index < -0.39 is 39.6 Å². The number of aliphatic hydroxyl groups excluding tert-OH is 1. The molecule has 1 aliphatic heterocycles. The molecule has 0 radical (unpaired) electrons. The smallest absolute Gasteiger partial charge is 0.299 e. The van der Waals surface area contributed by atoms with Crippen molar-refractivity contribution in [3.8, 4) is 0 Å². The Bertz CT molecular complexity index is 743. The van der Waals surface area contributed by atoms with E-state index in [2.05, 4.69) is 5.32 Å². The summed E-state index contributed by atoms with van der Waals surface area (Å²) >= 11 is 0. The highest BCUT2D eigenvalue weighted by Gasteiger charge is 2.32. The van der Waals surface area contributed by atoms with Crippen LogP contribution in [0.1, 0.15) is 0 Å². The van der Waals surface area contributed by atoms with Gasteiger partial charge >= 0.3 is 0 Å². The number of amides is 2. The Morgan fingerprint density at radius 1 is 1.17 bits per heavy atom. The number of nitro groups is 2. The molecule has 0 atom stereocenters. The van der Waals surface area contributed by atoms with Crippen molar-refractivity contribution >= 4 is 28.9 Å². The van der Waals surface area contributed by atoms with Crippen molar-refractivity contribution in [1.29, 1.82) is 0 Å². The third kappa shape index (κ3) is 3.13. The third-order valence-corrected chi connectivity index (χ3v) is 2.99. The number of aliphatic hydroxyl groups is 1. The van der Waals surface area contributed by atoms with Gasteiger partial charge in [0.05, 0.1) is 29.1 Å². The van der Waals surface area contributed by atoms with Crippen LogP contribution in [0.5, 0.6) is 0 Å². The summed E-state index contributed by atoms with van der Waals surface area (Å²) in [5, 5.41) is 32.9. The van der Waals surface area contributed by atoms with Crippen molar-refractivity contribution in [2.45, 2.75) is 0 Å². The number of imide groups is 1. The Morgan fingerprint density at radius 3 is 2.43 bits per heavy atom. The number of nitrogens with zero attached hydrogens (tertiary/aromatic N) is 3. The maximum Gasteiger partial charge on any atom is 0.299 e. The van der Waals surface area contributed by atoms with Crippen molar-refractivity contribution in [2.75, 3.05) is 18.5 Å². The summed E-state index contributed by atoms with van der Waals surface area (Å²) in [6.07, 6.45) is 0.934. The van der Waals surface area contributed by atoms with Crippen LogP contribution < -0.4 is 5.32 Å². The van der Waals surface area contributed by atoms with Crippen LogP contribution in [0, 0.1) is 20.2 Å². The molecule has 0 spiro atoms. The second kappa shape index (κ2) is 6.19. The molecule has 2 N–H and O–H groups in total. The van der Waals surface area contributed by atoms with Crippen LogP contribution in [0.2, 0.25) is 0 Å². The van der Waals surface area contributed by atoms with E-state index in [4.69, 9.17) is 5.11 Å². The third-order valence-electron chi connectivity index (χ3n) is 2.99. The fourth-order valence-corrected chi connectivity index (χ4v) is 1.95. The fourth-order valence-electron chi connectivity index (χ4n) is 1.95. The fraction of sp³-hybridized carbons (Fsp3) is 0.167. The molecule has 0 fully saturated rings. The minimum atomic E-state index is -0.845. The minimum absolute atomic E-state index is 0.168. The molecule has 0 unspecified atom stereocenters. The van der Waals surface area contributed by atoms with Gasteiger partial charge in [-0.1, -0.05) is 0 Å². The standard InChI is InChI=1S/C12H10N4O7/c17-4-3-14-11(18)6-9(12(14)19)13-8-2-1-7(15(20)21)5-10(8)16(22)23/h1-2,5-6,13,17H,3-4H2. The molecular formula is C12H10N4O7. The van der Waals surface area contributed by atoms with E-state index in [9.17, 15) is 29.8 Å². The van der Waals surface area contributed by atoms with Gasteiger partial charge in [0.15, 0.2) is 0 Å². The monoisotopic (exact) mass is 322 g/mol. The minimum Gasteiger partial charge on any atom is -0.395 e. The highest BCUT2D eigenvalue weighted by Crippen LogP contribution is 2.30. The summed E-state index contributed by atoms with van der Waals surface area (Å²) in [6.45, 7) is -0.627. The Hall–Kier alpha value is -3.34. The highest BCUT2D eigenvalue weighted by atomic mass is 16.6. The largest absolute Gasteiger partial charge is 0.395 e. The molecule has 0 saturated carbocycles. The van der Waals surface area contributed by atoms with E-state index >= 15 is 0 Å². The summed E-state index contributed by atoms with van der Waals surface area (Å²) in [5.74, 6) is -1.42. The van der Waals surface area contributed by atoms with Gasteiger partial charge in [0, 0.05) is 12.1 Å². The maximum atomic E-state index is 12.0. The average Bonchev–Trinajstić information content (AvgIpc) is 2.75. The first-order valence-electron chi connectivity index (χ1n) is 6.23. The molecular weight excluding hydrogens is 312 g/mol. The van der Waals surface area contributed by atoms with Crippen LogP contribution in [-0.4, -0.2) is 44.8 Å². The Balaban J connectivity index is 2.32. The zero-order chi connectivity index (χ0) is 17.1. The molecule has 1 aromatic rings. The molecule has 2 amide bonds. The van der Waals surface area contributed by atoms with Crippen molar-refractivity contribution in [3.63, 3.8) is 0 Å². The van der Waals surface area contributed by atoms with E-state index in [1.165, 1.54) is 0 Å². The van der Waals surface area contributed by atoms with Crippen molar-refractivity contribution in [1.82, 2.24) is 4.90 Å². The lowest BCUT2D eigenvalue weighted by molar-refractivity contribution is -0.393. The Morgan fingerprint density at radius 2 is 1.87 bits per heavy atom. The van der Waals surface area contributed by atoms with Gasteiger partial charge in [-0.25, -0.2) is 0 Å². The molecule has 0 aliphatic carbocycles. The number of hydrogen-bond acceptors (Lipinski definition) is 8. The lowest BCUT2D eigenvalue weighted by Crippen LogP contribution is -2.34. The van der Waals surface area contributed by atoms with E-state index in [-0.39, 0.29) is 17.9 Å². The Labute approximate surface area is 128 Å². The van der Waals surface area contributed by atoms with E-state index in [1.807, 2.05) is 0 Å². The van der Waals surface area contributed by atoms with Crippen molar-refractivity contribution in [3.05, 3.63) is 50.2 Å². The molecule has 11 heteroatoms. The first kappa shape index (κ1) is 16.0. The molecule has 1 heterocycles. The van der Waals surface area contributed by atoms with Crippen molar-refractivity contribution in [2.24, 2.45) is 0 Å². The molecule has 23 heavy (non-hydrogen) atoms. The van der Waals surface area contributed by atoms with Crippen LogP contribution in [0.3, 0.4) is 0 Å². The molecule has 11 nitrogen and oxygen atoms in total. The lowest BCUT2D eigenvalue weighted by atomic mass is 10.2. The van der Waals surface area contributed by atoms with E-state index in [0.29, 0.717) is 0 Å². The predicted octanol–water partition coefficient (Wildman–Crippen LogP) is 0.160. The summed E-state index contributed by atoms with van der Waals surface area (Å²) in [7, 11) is 0. The van der Waals surface area contributed by atoms with Crippen LogP contribution in [0.25, 0.3) is 0 Å². The number of nitrogens with one attached hydrogen (secondary N) is 1. The number of benzene rings is 1. The second-order valence-electron chi connectivity index (χ2n) is 4.42. The molecule has 0 aromatic heterocycles. The molecule has 2 rings (SSSR count). The SMILES string of the molecule is O=C1C=C(Nc2ccc([N+](=O)[O-])cc2[N+](=O)[O-])C(=O)N1CCO. The zero-order valence-electron chi connectivity index (χ0n) is 11.5. The molecule has 1 aromatic carbocycles. The van der Waals surface area contributed by atoms with E-state index in [1.54, 1.807) is 0 Å². The number of nitro benzene ring substituents is 2. The number of hydrogen-bond donors (Lipinski definition) is 2. The maximum absolute atomic E-state index is 12.0. The van der Waals surface area contributed by atoms with Crippen LogP contribution in [-0.2, 0) is 9.59 Å². The predicted molar refractivity (Wildman–Crippen MR) is 75.3 cm³/mol. The molecule has 0 saturated heterocycles. The number of β-amino-alcohol motifs (C(OH)–C–C–N with tert-alkyl or cyclic N) is 1. The first-order chi connectivity index (χ1) is 10.8. The average molecular weight is 322 g/mol. The second-order valence-corrected chi connectivity index (χ2v) is 4.42. The molecule has 1 aliphatic rings. The first-order valence-corrected chi connectivity index (χ1v) is 6.23. The Kier molecular flexibility index (Phi) is 4.32. The number of anilines is 1. The van der Waals surface area contributed by atoms with Crippen LogP contribution >= 0.6 is 0 Å². The van der Waals surface area contributed by atoms with Gasteiger partial charge in [-0.3, -0.25) is 34.7 Å². The van der Waals surface area contributed by atoms with Crippen molar-refractivity contribution < 1.29 is 24.5 Å². The van der Waals surface area contributed by atoms with Gasteiger partial charge in [0.25, 0.3) is 23.2 Å². The highest BCUT2D eigenvalue weighted by molar-refractivity contribution is 6.17. The summed E-state index contributed by atoms with van der Waals surface area (Å²) < 4.78 is 0. The lowest BCUT2D eigenvalue weighted by Gasteiger charge is -2.13. The summed E-state index contributed by atoms with van der Waals surface area (Å²) in [5.41, 5.74) is -1.48. The van der Waals surface area contributed by atoms with Gasteiger partial charge < -0.3 is 10.4 Å². The number of carbonyl (C=O) groups excluding carboxylic acids is 2. The number of rotatable bonds is 6. The normalized spacial score (nSPS) is 14.0. The van der Waals surface area contributed by atoms with Gasteiger partial charge in [-0.15, -0.1) is 0 Å². The number of non-ortho nitro benzene ring substituents is 1. The summed E-state index contributed by atoms with van der Waals surface area (Å²) in [4.78, 5) is 44.3. The van der Waals surface area contributed by atoms with Crippen LogP contribution in [0.15, 0.2) is 30.0 Å². The number of carbonyl (C=O) groups is 2. The topological polar surface area (TPSA) is 156 Å². The van der Waals surface area contributed by atoms with Gasteiger partial charge in [-0.2, -0.15) is 0 Å². The zero-order valence-corrected chi connectivity index (χ0v) is 11.5. The quantitative estimate of drug-likeness (QED) is 0.426. The van der Waals surface area contributed by atoms with Crippen LogP contribution in [0.4, 0.5) is 17.1 Å². The van der Waals surface area contributed by atoms with E-state index in [0.717, 1.165) is 29.2 Å². The molecule has 120 valence electrons. The van der Waals surface area contributed by atoms with Gasteiger partial charge in [0.2, 0.25) is 0 Å². The molecule has 0 bridgehead atoms. The summed E-state index contributed by atoms with van der Waals surface area (Å²) in [6, 6.07) is 2.85.